The third-order valence-electron chi connectivity index (χ3n) is 4.58. The van der Waals surface area contributed by atoms with E-state index in [1.807, 2.05) is 43.3 Å². The van der Waals surface area contributed by atoms with Crippen molar-refractivity contribution in [1.29, 1.82) is 0 Å². The molecule has 0 spiro atoms. The van der Waals surface area contributed by atoms with Gasteiger partial charge in [0.25, 0.3) is 5.56 Å². The highest BCUT2D eigenvalue weighted by Crippen LogP contribution is 2.17. The zero-order valence-electron chi connectivity index (χ0n) is 15.1. The molecule has 1 fully saturated rings. The molecular formula is C20H25N3O3. The number of nitrogens with one attached hydrogen (secondary N) is 1. The van der Waals surface area contributed by atoms with Crippen LogP contribution in [0.1, 0.15) is 18.5 Å². The number of urea groups is 1. The average Bonchev–Trinajstić information content (AvgIpc) is 3.10. The quantitative estimate of drug-likeness (QED) is 0.810. The number of amides is 2. The number of aromatic nitrogens is 1. The van der Waals surface area contributed by atoms with Crippen LogP contribution in [-0.2, 0) is 6.54 Å². The highest BCUT2D eigenvalue weighted by molar-refractivity contribution is 5.74. The molecule has 0 saturated carbocycles. The Balaban J connectivity index is 1.40. The largest absolute Gasteiger partial charge is 0.489 e. The Morgan fingerprint density at radius 1 is 1.19 bits per heavy atom. The number of hydrogen-bond donors (Lipinski definition) is 1. The lowest BCUT2D eigenvalue weighted by atomic mass is 10.3. The van der Waals surface area contributed by atoms with Crippen molar-refractivity contribution >= 4 is 6.03 Å². The molecule has 1 aliphatic rings. The molecule has 1 aromatic heterocycles. The molecule has 6 nitrogen and oxygen atoms in total. The van der Waals surface area contributed by atoms with Gasteiger partial charge in [-0.05, 0) is 31.5 Å². The molecule has 1 saturated heterocycles. The summed E-state index contributed by atoms with van der Waals surface area (Å²) in [4.78, 5) is 25.9. The van der Waals surface area contributed by atoms with Crippen molar-refractivity contribution in [3.63, 3.8) is 0 Å². The van der Waals surface area contributed by atoms with Gasteiger partial charge >= 0.3 is 6.03 Å². The van der Waals surface area contributed by atoms with Crippen LogP contribution in [-0.4, -0.2) is 41.2 Å². The molecule has 1 aromatic carbocycles. The normalized spacial score (nSPS) is 16.5. The van der Waals surface area contributed by atoms with E-state index in [0.717, 1.165) is 17.9 Å². The molecule has 3 rings (SSSR count). The van der Waals surface area contributed by atoms with Crippen LogP contribution in [0.15, 0.2) is 53.3 Å². The Labute approximate surface area is 153 Å². The summed E-state index contributed by atoms with van der Waals surface area (Å²) in [5.74, 6) is 0.837. The highest BCUT2D eigenvalue weighted by atomic mass is 16.5. The van der Waals surface area contributed by atoms with Crippen LogP contribution in [0.4, 0.5) is 4.79 Å². The van der Waals surface area contributed by atoms with Gasteiger partial charge in [-0.1, -0.05) is 24.3 Å². The summed E-state index contributed by atoms with van der Waals surface area (Å²) >= 11 is 0. The van der Waals surface area contributed by atoms with Crippen molar-refractivity contribution in [2.45, 2.75) is 32.4 Å². The van der Waals surface area contributed by atoms with Gasteiger partial charge in [-0.15, -0.1) is 0 Å². The van der Waals surface area contributed by atoms with E-state index >= 15 is 0 Å². The molecule has 2 amide bonds. The van der Waals surface area contributed by atoms with Crippen molar-refractivity contribution in [1.82, 2.24) is 14.8 Å². The molecule has 2 heterocycles. The van der Waals surface area contributed by atoms with E-state index in [1.54, 1.807) is 21.6 Å². The van der Waals surface area contributed by atoms with E-state index in [4.69, 9.17) is 4.74 Å². The van der Waals surface area contributed by atoms with E-state index in [0.29, 0.717) is 32.6 Å². The average molecular weight is 355 g/mol. The van der Waals surface area contributed by atoms with Gasteiger partial charge in [-0.25, -0.2) is 4.79 Å². The van der Waals surface area contributed by atoms with Crippen LogP contribution in [0.25, 0.3) is 0 Å². The minimum absolute atomic E-state index is 0.00299. The number of carbonyl (C=O) groups excluding carboxylic acids is 1. The Bertz CT molecular complexity index is 788. The van der Waals surface area contributed by atoms with Crippen LogP contribution in [0.2, 0.25) is 0 Å². The second kappa shape index (κ2) is 8.56. The van der Waals surface area contributed by atoms with Crippen molar-refractivity contribution in [2.75, 3.05) is 19.6 Å². The molecule has 0 aliphatic carbocycles. The predicted molar refractivity (Wildman–Crippen MR) is 101 cm³/mol. The first-order valence-corrected chi connectivity index (χ1v) is 9.04. The molecule has 0 unspecified atom stereocenters. The molecule has 26 heavy (non-hydrogen) atoms. The maximum atomic E-state index is 12.3. The van der Waals surface area contributed by atoms with E-state index in [2.05, 4.69) is 5.32 Å². The zero-order chi connectivity index (χ0) is 18.4. The van der Waals surface area contributed by atoms with Crippen LogP contribution in [0, 0.1) is 6.92 Å². The summed E-state index contributed by atoms with van der Waals surface area (Å²) in [7, 11) is 0. The van der Waals surface area contributed by atoms with Gasteiger partial charge in [0, 0.05) is 37.8 Å². The van der Waals surface area contributed by atoms with Gasteiger partial charge in [0.2, 0.25) is 0 Å². The fraction of sp³-hybridized carbons (Fsp3) is 0.400. The fourth-order valence-electron chi connectivity index (χ4n) is 3.15. The number of aryl methyl sites for hydroxylation is 1. The number of likely N-dealkylation sites (tertiary alicyclic amines) is 1. The third-order valence-corrected chi connectivity index (χ3v) is 4.58. The number of para-hydroxylation sites is 1. The Kier molecular flexibility index (Phi) is 5.94. The summed E-state index contributed by atoms with van der Waals surface area (Å²) in [6.45, 7) is 4.35. The summed E-state index contributed by atoms with van der Waals surface area (Å²) in [5, 5.41) is 2.93. The standard InChI is InChI=1S/C20H25N3O3/c1-16-7-5-10-19(24)23(16)13-6-12-21-20(25)22-14-11-18(15-22)26-17-8-3-2-4-9-17/h2-5,7-10,18H,6,11-15H2,1H3,(H,21,25)/t18-/m0/s1. The number of benzene rings is 1. The Morgan fingerprint density at radius 3 is 2.77 bits per heavy atom. The van der Waals surface area contributed by atoms with Gasteiger partial charge < -0.3 is 19.5 Å². The molecule has 0 radical (unpaired) electrons. The molecule has 138 valence electrons. The number of rotatable bonds is 6. The van der Waals surface area contributed by atoms with Gasteiger partial charge in [0.1, 0.15) is 11.9 Å². The first-order valence-electron chi connectivity index (χ1n) is 9.04. The van der Waals surface area contributed by atoms with E-state index < -0.39 is 0 Å². The van der Waals surface area contributed by atoms with E-state index in [-0.39, 0.29) is 17.7 Å². The molecule has 1 atom stereocenters. The second-order valence-electron chi connectivity index (χ2n) is 6.53. The highest BCUT2D eigenvalue weighted by Gasteiger charge is 2.27. The van der Waals surface area contributed by atoms with Crippen molar-refractivity contribution in [3.05, 3.63) is 64.6 Å². The van der Waals surface area contributed by atoms with Crippen LogP contribution >= 0.6 is 0 Å². The number of nitrogens with zero attached hydrogens (tertiary/aromatic N) is 2. The lowest BCUT2D eigenvalue weighted by molar-refractivity contribution is 0.187. The lowest BCUT2D eigenvalue weighted by Crippen LogP contribution is -2.40. The van der Waals surface area contributed by atoms with Crippen molar-refractivity contribution < 1.29 is 9.53 Å². The molecule has 6 heteroatoms. The molecular weight excluding hydrogens is 330 g/mol. The van der Waals surface area contributed by atoms with E-state index in [9.17, 15) is 9.59 Å². The van der Waals surface area contributed by atoms with Crippen molar-refractivity contribution in [3.8, 4) is 5.75 Å². The number of pyridine rings is 1. The summed E-state index contributed by atoms with van der Waals surface area (Å²) in [6.07, 6.45) is 1.59. The van der Waals surface area contributed by atoms with Crippen LogP contribution in [0.3, 0.4) is 0 Å². The summed E-state index contributed by atoms with van der Waals surface area (Å²) < 4.78 is 7.63. The third kappa shape index (κ3) is 4.65. The summed E-state index contributed by atoms with van der Waals surface area (Å²) in [5.41, 5.74) is 0.932. The molecule has 1 N–H and O–H groups in total. The monoisotopic (exact) mass is 355 g/mol. The SMILES string of the molecule is Cc1cccc(=O)n1CCCNC(=O)N1CC[C@H](Oc2ccccc2)C1. The predicted octanol–water partition coefficient (Wildman–Crippen LogP) is 2.41. The number of hydrogen-bond acceptors (Lipinski definition) is 3. The second-order valence-corrected chi connectivity index (χ2v) is 6.53. The fourth-order valence-corrected chi connectivity index (χ4v) is 3.15. The first-order chi connectivity index (χ1) is 12.6. The van der Waals surface area contributed by atoms with Gasteiger partial charge in [0.05, 0.1) is 6.54 Å². The Morgan fingerprint density at radius 2 is 2.00 bits per heavy atom. The number of ether oxygens (including phenoxy) is 1. The van der Waals surface area contributed by atoms with Gasteiger partial charge in [-0.3, -0.25) is 4.79 Å². The maximum absolute atomic E-state index is 12.3. The van der Waals surface area contributed by atoms with E-state index in [1.165, 1.54) is 0 Å². The maximum Gasteiger partial charge on any atom is 0.317 e. The summed E-state index contributed by atoms with van der Waals surface area (Å²) in [6, 6.07) is 14.8. The topological polar surface area (TPSA) is 63.6 Å². The van der Waals surface area contributed by atoms with Crippen LogP contribution in [0.5, 0.6) is 5.75 Å². The first kappa shape index (κ1) is 18.0. The molecule has 1 aliphatic heterocycles. The van der Waals surface area contributed by atoms with Crippen molar-refractivity contribution in [2.24, 2.45) is 0 Å². The number of carbonyl (C=O) groups is 1. The smallest absolute Gasteiger partial charge is 0.317 e. The van der Waals surface area contributed by atoms with Gasteiger partial charge in [0.15, 0.2) is 0 Å². The molecule has 2 aromatic rings. The molecule has 0 bridgehead atoms. The lowest BCUT2D eigenvalue weighted by Gasteiger charge is -2.18. The Hall–Kier alpha value is -2.76. The van der Waals surface area contributed by atoms with Gasteiger partial charge in [-0.2, -0.15) is 0 Å². The minimum Gasteiger partial charge on any atom is -0.489 e. The zero-order valence-corrected chi connectivity index (χ0v) is 15.1. The van der Waals surface area contributed by atoms with Crippen LogP contribution < -0.4 is 15.6 Å². The minimum atomic E-state index is -0.0682.